The van der Waals surface area contributed by atoms with Crippen LogP contribution in [0.2, 0.25) is 0 Å². The van der Waals surface area contributed by atoms with E-state index >= 15 is 0 Å². The Hall–Kier alpha value is -1.63. The van der Waals surface area contributed by atoms with Crippen LogP contribution < -0.4 is 10.6 Å². The Morgan fingerprint density at radius 3 is 2.30 bits per heavy atom. The molecular formula is C16H27N3O4. The Balaban J connectivity index is 1.82. The van der Waals surface area contributed by atoms with Gasteiger partial charge in [-0.1, -0.05) is 13.8 Å². The van der Waals surface area contributed by atoms with Gasteiger partial charge in [0.25, 0.3) is 0 Å². The number of hydrogen-bond donors (Lipinski definition) is 3. The molecule has 0 aromatic rings. The predicted octanol–water partition coefficient (Wildman–Crippen LogP) is 0.202. The van der Waals surface area contributed by atoms with Crippen molar-refractivity contribution in [1.29, 1.82) is 0 Å². The van der Waals surface area contributed by atoms with Crippen LogP contribution in [-0.4, -0.2) is 59.5 Å². The fourth-order valence-electron chi connectivity index (χ4n) is 3.26. The number of nitrogens with one attached hydrogen (secondary N) is 2. The molecule has 2 aliphatic rings. The topological polar surface area (TPSA) is 98.7 Å². The van der Waals surface area contributed by atoms with E-state index < -0.39 is 12.0 Å². The minimum Gasteiger partial charge on any atom is -0.480 e. The monoisotopic (exact) mass is 325 g/mol. The van der Waals surface area contributed by atoms with Gasteiger partial charge in [-0.15, -0.1) is 0 Å². The molecule has 2 unspecified atom stereocenters. The summed E-state index contributed by atoms with van der Waals surface area (Å²) in [5.74, 6) is -1.46. The predicted molar refractivity (Wildman–Crippen MR) is 84.7 cm³/mol. The zero-order valence-corrected chi connectivity index (χ0v) is 13.9. The molecule has 130 valence electrons. The molecular weight excluding hydrogens is 298 g/mol. The van der Waals surface area contributed by atoms with Crippen molar-refractivity contribution in [3.63, 3.8) is 0 Å². The van der Waals surface area contributed by atoms with Crippen LogP contribution >= 0.6 is 0 Å². The highest BCUT2D eigenvalue weighted by molar-refractivity contribution is 5.86. The first-order chi connectivity index (χ1) is 10.9. The average molecular weight is 325 g/mol. The van der Waals surface area contributed by atoms with Crippen LogP contribution in [0.25, 0.3) is 0 Å². The smallest absolute Gasteiger partial charge is 0.326 e. The number of carboxylic acids is 1. The van der Waals surface area contributed by atoms with E-state index in [2.05, 4.69) is 10.6 Å². The minimum absolute atomic E-state index is 0.0716. The summed E-state index contributed by atoms with van der Waals surface area (Å²) < 4.78 is 0. The second-order valence-corrected chi connectivity index (χ2v) is 6.82. The van der Waals surface area contributed by atoms with Crippen LogP contribution in [0.5, 0.6) is 0 Å². The van der Waals surface area contributed by atoms with Crippen molar-refractivity contribution >= 4 is 17.8 Å². The van der Waals surface area contributed by atoms with Gasteiger partial charge >= 0.3 is 5.97 Å². The van der Waals surface area contributed by atoms with E-state index in [1.54, 1.807) is 13.8 Å². The number of hydrogen-bond acceptors (Lipinski definition) is 4. The molecule has 2 atom stereocenters. The normalized spacial score (nSPS) is 23.8. The third-order valence-corrected chi connectivity index (χ3v) is 4.77. The Kier molecular flexibility index (Phi) is 5.98. The van der Waals surface area contributed by atoms with Crippen molar-refractivity contribution < 1.29 is 19.5 Å². The summed E-state index contributed by atoms with van der Waals surface area (Å²) in [6.45, 7) is 5.56. The third kappa shape index (κ3) is 4.43. The van der Waals surface area contributed by atoms with Gasteiger partial charge in [-0.2, -0.15) is 0 Å². The van der Waals surface area contributed by atoms with Gasteiger partial charge in [0.15, 0.2) is 0 Å². The Morgan fingerprint density at radius 2 is 1.83 bits per heavy atom. The van der Waals surface area contributed by atoms with Crippen LogP contribution in [0, 0.1) is 11.8 Å². The molecule has 7 nitrogen and oxygen atoms in total. The van der Waals surface area contributed by atoms with Gasteiger partial charge in [-0.3, -0.25) is 9.59 Å². The van der Waals surface area contributed by atoms with Crippen LogP contribution in [0.15, 0.2) is 0 Å². The van der Waals surface area contributed by atoms with Gasteiger partial charge in [0.1, 0.15) is 6.04 Å². The maximum atomic E-state index is 12.3. The number of carbonyl (C=O) groups excluding carboxylic acids is 2. The summed E-state index contributed by atoms with van der Waals surface area (Å²) in [5, 5.41) is 15.0. The lowest BCUT2D eigenvalue weighted by Gasteiger charge is -2.33. The fourth-order valence-corrected chi connectivity index (χ4v) is 3.26. The van der Waals surface area contributed by atoms with E-state index in [4.69, 9.17) is 5.11 Å². The summed E-state index contributed by atoms with van der Waals surface area (Å²) in [4.78, 5) is 37.6. The van der Waals surface area contributed by atoms with Crippen LogP contribution in [-0.2, 0) is 14.4 Å². The summed E-state index contributed by atoms with van der Waals surface area (Å²) in [5.41, 5.74) is 0. The standard InChI is InChI=1S/C16H27N3O4/c1-10(2)13(16(22)23)18-14(20)11-5-8-19(9-6-11)15(21)12-4-3-7-17-12/h10-13,17H,3-9H2,1-2H3,(H,18,20)(H,22,23). The molecule has 2 fully saturated rings. The number of carbonyl (C=O) groups is 3. The van der Waals surface area contributed by atoms with Crippen molar-refractivity contribution in [2.75, 3.05) is 19.6 Å². The maximum Gasteiger partial charge on any atom is 0.326 e. The van der Waals surface area contributed by atoms with Gasteiger partial charge < -0.3 is 20.6 Å². The highest BCUT2D eigenvalue weighted by atomic mass is 16.4. The second-order valence-electron chi connectivity index (χ2n) is 6.82. The molecule has 0 radical (unpaired) electrons. The highest BCUT2D eigenvalue weighted by Crippen LogP contribution is 2.20. The Bertz CT molecular complexity index is 452. The number of rotatable bonds is 5. The summed E-state index contributed by atoms with van der Waals surface area (Å²) in [7, 11) is 0. The maximum absolute atomic E-state index is 12.3. The number of amides is 2. The largest absolute Gasteiger partial charge is 0.480 e. The van der Waals surface area contributed by atoms with E-state index in [9.17, 15) is 14.4 Å². The van der Waals surface area contributed by atoms with Crippen molar-refractivity contribution in [2.45, 2.75) is 51.6 Å². The third-order valence-electron chi connectivity index (χ3n) is 4.77. The number of nitrogens with zero attached hydrogens (tertiary/aromatic N) is 1. The molecule has 0 aliphatic carbocycles. The summed E-state index contributed by atoms with van der Waals surface area (Å²) >= 11 is 0. The lowest BCUT2D eigenvalue weighted by molar-refractivity contribution is -0.144. The van der Waals surface area contributed by atoms with Crippen molar-refractivity contribution in [1.82, 2.24) is 15.5 Å². The average Bonchev–Trinajstić information content (AvgIpc) is 3.05. The number of piperidine rings is 1. The Labute approximate surface area is 136 Å². The minimum atomic E-state index is -1.01. The zero-order chi connectivity index (χ0) is 17.0. The van der Waals surface area contributed by atoms with E-state index in [1.165, 1.54) is 0 Å². The molecule has 0 bridgehead atoms. The molecule has 0 aromatic heterocycles. The van der Waals surface area contributed by atoms with E-state index in [0.29, 0.717) is 25.9 Å². The first-order valence-corrected chi connectivity index (χ1v) is 8.45. The molecule has 0 saturated carbocycles. The van der Waals surface area contributed by atoms with Crippen molar-refractivity contribution in [3.8, 4) is 0 Å². The molecule has 23 heavy (non-hydrogen) atoms. The zero-order valence-electron chi connectivity index (χ0n) is 13.9. The molecule has 0 aromatic carbocycles. The fraction of sp³-hybridized carbons (Fsp3) is 0.812. The highest BCUT2D eigenvalue weighted by Gasteiger charge is 2.33. The van der Waals surface area contributed by atoms with Crippen LogP contribution in [0.3, 0.4) is 0 Å². The van der Waals surface area contributed by atoms with E-state index in [0.717, 1.165) is 19.4 Å². The van der Waals surface area contributed by atoms with Gasteiger partial charge in [0.2, 0.25) is 11.8 Å². The summed E-state index contributed by atoms with van der Waals surface area (Å²) in [6, 6.07) is -0.928. The number of carboxylic acid groups (broad SMARTS) is 1. The molecule has 0 spiro atoms. The SMILES string of the molecule is CC(C)C(NC(=O)C1CCN(C(=O)C2CCCN2)CC1)C(=O)O. The van der Waals surface area contributed by atoms with Gasteiger partial charge in [0.05, 0.1) is 6.04 Å². The quantitative estimate of drug-likeness (QED) is 0.671. The number of likely N-dealkylation sites (tertiary alicyclic amines) is 1. The van der Waals surface area contributed by atoms with E-state index in [1.807, 2.05) is 4.90 Å². The van der Waals surface area contributed by atoms with Crippen LogP contribution in [0.4, 0.5) is 0 Å². The molecule has 7 heteroatoms. The Morgan fingerprint density at radius 1 is 1.17 bits per heavy atom. The van der Waals surface area contributed by atoms with Gasteiger partial charge in [-0.05, 0) is 38.1 Å². The number of aliphatic carboxylic acids is 1. The molecule has 2 rings (SSSR count). The molecule has 2 saturated heterocycles. The molecule has 2 amide bonds. The van der Waals surface area contributed by atoms with Gasteiger partial charge in [-0.25, -0.2) is 4.79 Å². The van der Waals surface area contributed by atoms with Crippen molar-refractivity contribution in [2.24, 2.45) is 11.8 Å². The second kappa shape index (κ2) is 7.77. The first kappa shape index (κ1) is 17.7. The van der Waals surface area contributed by atoms with E-state index in [-0.39, 0.29) is 29.7 Å². The first-order valence-electron chi connectivity index (χ1n) is 8.45. The molecule has 3 N–H and O–H groups in total. The lowest BCUT2D eigenvalue weighted by Crippen LogP contribution is -2.51. The lowest BCUT2D eigenvalue weighted by atomic mass is 9.94. The molecule has 2 heterocycles. The van der Waals surface area contributed by atoms with Gasteiger partial charge in [0, 0.05) is 19.0 Å². The summed E-state index contributed by atoms with van der Waals surface area (Å²) in [6.07, 6.45) is 3.10. The van der Waals surface area contributed by atoms with Crippen molar-refractivity contribution in [3.05, 3.63) is 0 Å². The molecule has 2 aliphatic heterocycles. The van der Waals surface area contributed by atoms with Crippen LogP contribution in [0.1, 0.15) is 39.5 Å².